The molecule has 1 saturated heterocycles. The topological polar surface area (TPSA) is 24.1 Å². The van der Waals surface area contributed by atoms with Crippen molar-refractivity contribution in [3.63, 3.8) is 0 Å². The number of aryl methyl sites for hydroxylation is 1. The van der Waals surface area contributed by atoms with Crippen molar-refractivity contribution in [2.24, 2.45) is 0 Å². The quantitative estimate of drug-likeness (QED) is 0.769. The molecule has 0 aliphatic carbocycles. The van der Waals surface area contributed by atoms with E-state index < -0.39 is 0 Å². The van der Waals surface area contributed by atoms with Crippen LogP contribution in [0.15, 0.2) is 18.2 Å². The van der Waals surface area contributed by atoms with Gasteiger partial charge in [0.05, 0.1) is 0 Å². The lowest BCUT2D eigenvalue weighted by Gasteiger charge is -2.25. The molecule has 4 heteroatoms. The summed E-state index contributed by atoms with van der Waals surface area (Å²) in [6.07, 6.45) is 0. The van der Waals surface area contributed by atoms with Gasteiger partial charge >= 0.3 is 0 Å². The molecule has 0 radical (unpaired) electrons. The fraction of sp³-hybridized carbons (Fsp3) is 0.455. The van der Waals surface area contributed by atoms with Crippen LogP contribution in [0, 0.1) is 12.7 Å². The van der Waals surface area contributed by atoms with Crippen molar-refractivity contribution >= 4 is 12.4 Å². The van der Waals surface area contributed by atoms with E-state index in [0.717, 1.165) is 25.2 Å². The molecule has 1 aromatic carbocycles. The number of piperazine rings is 1. The Morgan fingerprint density at radius 2 is 2.13 bits per heavy atom. The minimum atomic E-state index is -0.116. The van der Waals surface area contributed by atoms with E-state index in [0.29, 0.717) is 5.56 Å². The lowest BCUT2D eigenvalue weighted by molar-refractivity contribution is 0.428. The van der Waals surface area contributed by atoms with Gasteiger partial charge in [-0.05, 0) is 24.1 Å². The number of benzene rings is 1. The zero-order chi connectivity index (χ0) is 9.97. The van der Waals surface area contributed by atoms with Gasteiger partial charge in [0.1, 0.15) is 5.82 Å². The van der Waals surface area contributed by atoms with Crippen molar-refractivity contribution < 1.29 is 4.39 Å². The summed E-state index contributed by atoms with van der Waals surface area (Å²) in [6, 6.07) is 5.70. The molecule has 1 atom stereocenters. The molecule has 0 aromatic heterocycles. The minimum Gasteiger partial charge on any atom is -0.314 e. The van der Waals surface area contributed by atoms with Crippen LogP contribution < -0.4 is 10.6 Å². The van der Waals surface area contributed by atoms with Crippen LogP contribution in [0.2, 0.25) is 0 Å². The fourth-order valence-electron chi connectivity index (χ4n) is 1.71. The van der Waals surface area contributed by atoms with Gasteiger partial charge in [0.2, 0.25) is 0 Å². The molecule has 1 heterocycles. The maximum absolute atomic E-state index is 13.3. The summed E-state index contributed by atoms with van der Waals surface area (Å²) < 4.78 is 13.3. The number of hydrogen-bond donors (Lipinski definition) is 2. The third kappa shape index (κ3) is 2.91. The predicted molar refractivity (Wildman–Crippen MR) is 62.0 cm³/mol. The van der Waals surface area contributed by atoms with Gasteiger partial charge in [-0.2, -0.15) is 0 Å². The highest BCUT2D eigenvalue weighted by Crippen LogP contribution is 2.16. The Hall–Kier alpha value is -0.640. The van der Waals surface area contributed by atoms with Crippen LogP contribution in [-0.4, -0.2) is 19.6 Å². The largest absolute Gasteiger partial charge is 0.314 e. The van der Waals surface area contributed by atoms with Crippen LogP contribution in [0.25, 0.3) is 0 Å². The second-order valence-corrected chi connectivity index (χ2v) is 3.72. The zero-order valence-corrected chi connectivity index (χ0v) is 9.53. The molecule has 1 aliphatic rings. The molecule has 15 heavy (non-hydrogen) atoms. The summed E-state index contributed by atoms with van der Waals surface area (Å²) in [5.74, 6) is -0.116. The Morgan fingerprint density at radius 3 is 2.73 bits per heavy atom. The smallest absolute Gasteiger partial charge is 0.126 e. The Labute approximate surface area is 95.7 Å². The predicted octanol–water partition coefficient (Wildman–Crippen LogP) is 1.79. The monoisotopic (exact) mass is 230 g/mol. The van der Waals surface area contributed by atoms with Gasteiger partial charge in [-0.1, -0.05) is 12.1 Å². The van der Waals surface area contributed by atoms with Gasteiger partial charge in [-0.15, -0.1) is 12.4 Å². The van der Waals surface area contributed by atoms with Crippen molar-refractivity contribution in [3.05, 3.63) is 35.1 Å². The summed E-state index contributed by atoms with van der Waals surface area (Å²) in [6.45, 7) is 4.60. The van der Waals surface area contributed by atoms with E-state index in [1.54, 1.807) is 13.0 Å². The molecular weight excluding hydrogens is 215 g/mol. The van der Waals surface area contributed by atoms with Crippen molar-refractivity contribution in [1.82, 2.24) is 10.6 Å². The standard InChI is InChI=1S/C11H15FN2.ClH/c1-8-2-3-9(6-10(8)12)11-7-13-4-5-14-11;/h2-3,6,11,13-14H,4-5,7H2,1H3;1H/t11-;/m0./s1. The van der Waals surface area contributed by atoms with E-state index in [-0.39, 0.29) is 24.3 Å². The molecule has 0 bridgehead atoms. The van der Waals surface area contributed by atoms with Crippen molar-refractivity contribution in [1.29, 1.82) is 0 Å². The molecule has 2 N–H and O–H groups in total. The normalized spacial score (nSPS) is 20.8. The molecule has 0 saturated carbocycles. The molecule has 84 valence electrons. The van der Waals surface area contributed by atoms with Gasteiger partial charge in [0.15, 0.2) is 0 Å². The Bertz CT molecular complexity index is 324. The van der Waals surface area contributed by atoms with Crippen LogP contribution >= 0.6 is 12.4 Å². The van der Waals surface area contributed by atoms with Crippen LogP contribution in [0.3, 0.4) is 0 Å². The molecule has 1 fully saturated rings. The number of hydrogen-bond acceptors (Lipinski definition) is 2. The lowest BCUT2D eigenvalue weighted by Crippen LogP contribution is -2.42. The van der Waals surface area contributed by atoms with Crippen LogP contribution in [0.4, 0.5) is 4.39 Å². The van der Waals surface area contributed by atoms with Crippen LogP contribution in [0.5, 0.6) is 0 Å². The van der Waals surface area contributed by atoms with Crippen molar-refractivity contribution in [2.75, 3.05) is 19.6 Å². The maximum Gasteiger partial charge on any atom is 0.126 e. The highest BCUT2D eigenvalue weighted by Gasteiger charge is 2.14. The second kappa shape index (κ2) is 5.45. The Balaban J connectivity index is 0.00000112. The average Bonchev–Trinajstić information content (AvgIpc) is 2.23. The molecule has 2 rings (SSSR count). The number of rotatable bonds is 1. The maximum atomic E-state index is 13.3. The summed E-state index contributed by atoms with van der Waals surface area (Å²) >= 11 is 0. The SMILES string of the molecule is Cc1ccc([C@@H]2CNCCN2)cc1F.Cl. The van der Waals surface area contributed by atoms with E-state index >= 15 is 0 Å². The van der Waals surface area contributed by atoms with Crippen molar-refractivity contribution in [2.45, 2.75) is 13.0 Å². The van der Waals surface area contributed by atoms with E-state index in [4.69, 9.17) is 0 Å². The first-order valence-electron chi connectivity index (χ1n) is 4.97. The lowest BCUT2D eigenvalue weighted by atomic mass is 10.0. The summed E-state index contributed by atoms with van der Waals surface area (Å²) in [5, 5.41) is 6.64. The molecule has 0 spiro atoms. The van der Waals surface area contributed by atoms with Gasteiger partial charge in [0.25, 0.3) is 0 Å². The molecule has 1 aromatic rings. The molecule has 2 nitrogen and oxygen atoms in total. The highest BCUT2D eigenvalue weighted by molar-refractivity contribution is 5.85. The van der Waals surface area contributed by atoms with E-state index in [1.807, 2.05) is 12.1 Å². The summed E-state index contributed by atoms with van der Waals surface area (Å²) in [7, 11) is 0. The molecule has 0 amide bonds. The van der Waals surface area contributed by atoms with E-state index in [1.165, 1.54) is 0 Å². The highest BCUT2D eigenvalue weighted by atomic mass is 35.5. The molecule has 0 unspecified atom stereocenters. The molecule has 1 aliphatic heterocycles. The van der Waals surface area contributed by atoms with Gasteiger partial charge < -0.3 is 10.6 Å². The average molecular weight is 231 g/mol. The van der Waals surface area contributed by atoms with E-state index in [2.05, 4.69) is 10.6 Å². The first-order valence-corrected chi connectivity index (χ1v) is 4.97. The van der Waals surface area contributed by atoms with Crippen LogP contribution in [-0.2, 0) is 0 Å². The molecular formula is C11H16ClFN2. The van der Waals surface area contributed by atoms with Crippen LogP contribution in [0.1, 0.15) is 17.2 Å². The third-order valence-corrected chi connectivity index (χ3v) is 2.64. The fourth-order valence-corrected chi connectivity index (χ4v) is 1.71. The summed E-state index contributed by atoms with van der Waals surface area (Å²) in [5.41, 5.74) is 1.73. The Morgan fingerprint density at radius 1 is 1.33 bits per heavy atom. The Kier molecular flexibility index (Phi) is 4.51. The van der Waals surface area contributed by atoms with E-state index in [9.17, 15) is 4.39 Å². The first kappa shape index (κ1) is 12.4. The van der Waals surface area contributed by atoms with Crippen molar-refractivity contribution in [3.8, 4) is 0 Å². The number of halogens is 2. The third-order valence-electron chi connectivity index (χ3n) is 2.64. The van der Waals surface area contributed by atoms with Gasteiger partial charge in [0, 0.05) is 25.7 Å². The summed E-state index contributed by atoms with van der Waals surface area (Å²) in [4.78, 5) is 0. The first-order chi connectivity index (χ1) is 6.77. The minimum absolute atomic E-state index is 0. The van der Waals surface area contributed by atoms with Gasteiger partial charge in [-0.25, -0.2) is 4.39 Å². The zero-order valence-electron chi connectivity index (χ0n) is 8.72. The second-order valence-electron chi connectivity index (χ2n) is 3.72. The van der Waals surface area contributed by atoms with Gasteiger partial charge in [-0.3, -0.25) is 0 Å². The number of nitrogens with one attached hydrogen (secondary N) is 2.